The maximum Gasteiger partial charge on any atom is 0.391 e. The lowest BCUT2D eigenvalue weighted by molar-refractivity contribution is -0.182. The lowest BCUT2D eigenvalue weighted by Crippen LogP contribution is -2.40. The fourth-order valence-corrected chi connectivity index (χ4v) is 5.40. The van der Waals surface area contributed by atoms with Gasteiger partial charge in [-0.2, -0.15) is 22.8 Å². The zero-order valence-electron chi connectivity index (χ0n) is 18.8. The maximum atomic E-state index is 13.1. The highest BCUT2D eigenvalue weighted by Crippen LogP contribution is 2.43. The number of hydrogen-bond donors (Lipinski definition) is 1. The normalized spacial score (nSPS) is 25.0. The molecular weight excluding hydrogens is 421 g/mol. The number of aryl methyl sites for hydroxylation is 1. The van der Waals surface area contributed by atoms with Gasteiger partial charge in [0.05, 0.1) is 17.5 Å². The smallest absolute Gasteiger partial charge is 0.391 e. The van der Waals surface area contributed by atoms with E-state index in [0.717, 1.165) is 35.7 Å². The van der Waals surface area contributed by atoms with Crippen LogP contribution in [0.15, 0.2) is 6.07 Å². The molecule has 1 N–H and O–H groups in total. The molecule has 176 valence electrons. The van der Waals surface area contributed by atoms with Crippen LogP contribution in [0, 0.1) is 18.8 Å². The minimum atomic E-state index is -4.13. The average molecular weight is 453 g/mol. The first-order valence-electron chi connectivity index (χ1n) is 11.5. The molecule has 1 atom stereocenters. The molecule has 0 aromatic carbocycles. The van der Waals surface area contributed by atoms with Gasteiger partial charge in [-0.25, -0.2) is 4.98 Å². The molecule has 3 heterocycles. The van der Waals surface area contributed by atoms with Gasteiger partial charge in [0.15, 0.2) is 5.65 Å². The van der Waals surface area contributed by atoms with Gasteiger partial charge in [-0.1, -0.05) is 13.8 Å². The number of nitrogens with zero attached hydrogens (tertiary/aromatic N) is 4. The first-order chi connectivity index (χ1) is 15.1. The van der Waals surface area contributed by atoms with E-state index < -0.39 is 24.0 Å². The molecule has 1 saturated heterocycles. The van der Waals surface area contributed by atoms with E-state index >= 15 is 0 Å². The van der Waals surface area contributed by atoms with Crippen LogP contribution in [0.3, 0.4) is 0 Å². The average Bonchev–Trinajstić information content (AvgIpc) is 3.15. The number of rotatable bonds is 4. The Morgan fingerprint density at radius 1 is 1.19 bits per heavy atom. The number of fused-ring (bicyclic) bond motifs is 1. The van der Waals surface area contributed by atoms with Crippen molar-refractivity contribution in [2.75, 3.05) is 18.0 Å². The van der Waals surface area contributed by atoms with Crippen molar-refractivity contribution in [2.24, 2.45) is 11.8 Å². The molecule has 0 radical (unpaired) electrons. The number of aliphatic carboxylic acids is 1. The summed E-state index contributed by atoms with van der Waals surface area (Å²) in [5.74, 6) is -1.41. The Labute approximate surface area is 185 Å². The van der Waals surface area contributed by atoms with Gasteiger partial charge < -0.3 is 10.0 Å². The molecule has 1 aliphatic carbocycles. The lowest BCUT2D eigenvalue weighted by atomic mass is 9.80. The largest absolute Gasteiger partial charge is 0.481 e. The molecule has 2 aromatic rings. The minimum Gasteiger partial charge on any atom is -0.481 e. The summed E-state index contributed by atoms with van der Waals surface area (Å²) in [4.78, 5) is 18.5. The second-order valence-electron chi connectivity index (χ2n) is 9.64. The monoisotopic (exact) mass is 452 g/mol. The van der Waals surface area contributed by atoms with Gasteiger partial charge in [0.1, 0.15) is 5.82 Å². The van der Waals surface area contributed by atoms with Crippen molar-refractivity contribution in [2.45, 2.75) is 77.3 Å². The number of carboxylic acid groups (broad SMARTS) is 1. The van der Waals surface area contributed by atoms with Crippen LogP contribution >= 0.6 is 0 Å². The van der Waals surface area contributed by atoms with Crippen LogP contribution < -0.4 is 4.90 Å². The summed E-state index contributed by atoms with van der Waals surface area (Å²) in [6.07, 6.45) is -1.50. The van der Waals surface area contributed by atoms with E-state index in [2.05, 4.69) is 18.7 Å². The van der Waals surface area contributed by atoms with Gasteiger partial charge in [-0.05, 0) is 51.4 Å². The molecule has 9 heteroatoms. The zero-order valence-corrected chi connectivity index (χ0v) is 18.8. The highest BCUT2D eigenvalue weighted by molar-refractivity contribution is 5.71. The molecule has 4 rings (SSSR count). The number of carbonyl (C=O) groups is 1. The van der Waals surface area contributed by atoms with E-state index in [1.807, 2.05) is 13.0 Å². The molecule has 0 amide bonds. The van der Waals surface area contributed by atoms with Crippen LogP contribution in [-0.2, 0) is 4.79 Å². The Morgan fingerprint density at radius 3 is 2.47 bits per heavy atom. The highest BCUT2D eigenvalue weighted by Gasteiger charge is 2.42. The second kappa shape index (κ2) is 8.56. The van der Waals surface area contributed by atoms with Gasteiger partial charge in [0.25, 0.3) is 0 Å². The van der Waals surface area contributed by atoms with Crippen molar-refractivity contribution in [1.29, 1.82) is 0 Å². The summed E-state index contributed by atoms with van der Waals surface area (Å²) in [6, 6.07) is 1.90. The summed E-state index contributed by atoms with van der Waals surface area (Å²) >= 11 is 0. The van der Waals surface area contributed by atoms with Crippen LogP contribution in [0.4, 0.5) is 19.0 Å². The fourth-order valence-electron chi connectivity index (χ4n) is 5.40. The summed E-state index contributed by atoms with van der Waals surface area (Å²) in [6.45, 7) is 7.29. The van der Waals surface area contributed by atoms with E-state index in [9.17, 15) is 23.1 Å². The highest BCUT2D eigenvalue weighted by atomic mass is 19.4. The maximum absolute atomic E-state index is 13.1. The van der Waals surface area contributed by atoms with Crippen molar-refractivity contribution in [3.8, 4) is 0 Å². The van der Waals surface area contributed by atoms with E-state index in [-0.39, 0.29) is 24.7 Å². The first-order valence-corrected chi connectivity index (χ1v) is 11.5. The van der Waals surface area contributed by atoms with E-state index in [0.29, 0.717) is 31.5 Å². The molecule has 0 unspecified atom stereocenters. The number of anilines is 1. The van der Waals surface area contributed by atoms with Gasteiger partial charge in [-0.15, -0.1) is 0 Å². The summed E-state index contributed by atoms with van der Waals surface area (Å²) < 4.78 is 41.0. The number of hydrogen-bond acceptors (Lipinski definition) is 4. The summed E-state index contributed by atoms with van der Waals surface area (Å²) in [7, 11) is 0. The van der Waals surface area contributed by atoms with Gasteiger partial charge in [0, 0.05) is 36.3 Å². The Bertz CT molecular complexity index is 993. The van der Waals surface area contributed by atoms with E-state index in [1.54, 1.807) is 4.52 Å². The predicted molar refractivity (Wildman–Crippen MR) is 115 cm³/mol. The molecule has 32 heavy (non-hydrogen) atoms. The molecule has 1 aliphatic heterocycles. The molecule has 2 aliphatic rings. The third kappa shape index (κ3) is 4.30. The lowest BCUT2D eigenvalue weighted by Gasteiger charge is -2.34. The van der Waals surface area contributed by atoms with E-state index in [4.69, 9.17) is 10.1 Å². The predicted octanol–water partition coefficient (Wildman–Crippen LogP) is 5.30. The molecular formula is C23H31F3N4O2. The summed E-state index contributed by atoms with van der Waals surface area (Å²) in [5.41, 5.74) is 3.38. The number of piperidine rings is 1. The van der Waals surface area contributed by atoms with Crippen molar-refractivity contribution >= 4 is 17.4 Å². The number of halogens is 3. The molecule has 1 saturated carbocycles. The number of alkyl halides is 3. The minimum absolute atomic E-state index is 0.0147. The Morgan fingerprint density at radius 2 is 1.88 bits per heavy atom. The topological polar surface area (TPSA) is 70.7 Å². The molecule has 0 bridgehead atoms. The standard InChI is InChI=1S/C23H31F3N4O2/c1-13(2)20-14(3)27-19-11-18(15-6-8-17(9-7-15)23(24,25)26)28-30(19)21(20)29-10-4-5-16(12-29)22(31)32/h11,13,15-17H,4-10,12H2,1-3H3,(H,31,32)/t15-,16-,17-/m0/s1. The summed E-state index contributed by atoms with van der Waals surface area (Å²) in [5, 5.41) is 14.4. The number of carboxylic acids is 1. The Hall–Kier alpha value is -2.32. The first kappa shape index (κ1) is 22.9. The molecule has 6 nitrogen and oxygen atoms in total. The van der Waals surface area contributed by atoms with Crippen LogP contribution in [0.2, 0.25) is 0 Å². The third-order valence-corrected chi connectivity index (χ3v) is 7.08. The quantitative estimate of drug-likeness (QED) is 0.682. The Kier molecular flexibility index (Phi) is 6.11. The number of aromatic nitrogens is 3. The van der Waals surface area contributed by atoms with E-state index in [1.165, 1.54) is 0 Å². The van der Waals surface area contributed by atoms with Crippen LogP contribution in [0.5, 0.6) is 0 Å². The van der Waals surface area contributed by atoms with Gasteiger partial charge in [0.2, 0.25) is 0 Å². The van der Waals surface area contributed by atoms with Crippen LogP contribution in [0.1, 0.15) is 81.2 Å². The van der Waals surface area contributed by atoms with Crippen molar-refractivity contribution in [1.82, 2.24) is 14.6 Å². The van der Waals surface area contributed by atoms with Gasteiger partial charge >= 0.3 is 12.1 Å². The zero-order chi connectivity index (χ0) is 23.2. The molecule has 2 aromatic heterocycles. The molecule has 2 fully saturated rings. The molecule has 0 spiro atoms. The van der Waals surface area contributed by atoms with Crippen molar-refractivity contribution < 1.29 is 23.1 Å². The fraction of sp³-hybridized carbons (Fsp3) is 0.696. The van der Waals surface area contributed by atoms with Crippen LogP contribution in [0.25, 0.3) is 5.65 Å². The van der Waals surface area contributed by atoms with Crippen LogP contribution in [-0.4, -0.2) is 44.9 Å². The third-order valence-electron chi connectivity index (χ3n) is 7.08. The Balaban J connectivity index is 1.71. The van der Waals surface area contributed by atoms with Gasteiger partial charge in [-0.3, -0.25) is 4.79 Å². The second-order valence-corrected chi connectivity index (χ2v) is 9.64. The van der Waals surface area contributed by atoms with Crippen molar-refractivity contribution in [3.63, 3.8) is 0 Å². The van der Waals surface area contributed by atoms with Crippen molar-refractivity contribution in [3.05, 3.63) is 23.0 Å². The SMILES string of the molecule is Cc1nc2cc([C@H]3CC[C@H](C(F)(F)F)CC3)nn2c(N2CCC[C@H](C(=O)O)C2)c1C(C)C.